The highest BCUT2D eigenvalue weighted by molar-refractivity contribution is 6.33. The Labute approximate surface area is 148 Å². The molecule has 124 valence electrons. The van der Waals surface area contributed by atoms with Crippen LogP contribution in [0.5, 0.6) is 0 Å². The van der Waals surface area contributed by atoms with E-state index in [1.165, 1.54) is 6.92 Å². The summed E-state index contributed by atoms with van der Waals surface area (Å²) in [6.45, 7) is 1.53. The first-order valence-corrected chi connectivity index (χ1v) is 8.11. The predicted octanol–water partition coefficient (Wildman–Crippen LogP) is 5.93. The lowest BCUT2D eigenvalue weighted by molar-refractivity contribution is 0.502. The number of fused-ring (bicyclic) bond motifs is 1. The molecule has 0 amide bonds. The van der Waals surface area contributed by atoms with E-state index in [0.717, 1.165) is 28.1 Å². The fourth-order valence-corrected chi connectivity index (χ4v) is 3.18. The fourth-order valence-electron chi connectivity index (χ4n) is 2.93. The van der Waals surface area contributed by atoms with Gasteiger partial charge in [0.25, 0.3) is 0 Å². The highest BCUT2D eigenvalue weighted by Gasteiger charge is 2.12. The molecule has 1 aromatic heterocycles. The molecule has 4 aromatic rings. The Morgan fingerprint density at radius 1 is 1.00 bits per heavy atom. The number of hydrogen-bond acceptors (Lipinski definition) is 1. The van der Waals surface area contributed by atoms with Gasteiger partial charge < -0.3 is 0 Å². The van der Waals surface area contributed by atoms with Crippen LogP contribution in [0.15, 0.2) is 60.8 Å². The lowest BCUT2D eigenvalue weighted by Crippen LogP contribution is -2.00. The molecular formula is C20H13ClF2N2. The highest BCUT2D eigenvalue weighted by atomic mass is 35.5. The third-order valence-electron chi connectivity index (χ3n) is 4.19. The van der Waals surface area contributed by atoms with Gasteiger partial charge in [-0.15, -0.1) is 0 Å². The third kappa shape index (κ3) is 2.68. The summed E-state index contributed by atoms with van der Waals surface area (Å²) >= 11 is 6.26. The summed E-state index contributed by atoms with van der Waals surface area (Å²) in [6, 6.07) is 16.1. The molecule has 5 heteroatoms. The molecule has 0 aliphatic heterocycles. The molecule has 0 atom stereocenters. The van der Waals surface area contributed by atoms with Crippen LogP contribution in [-0.2, 0) is 0 Å². The van der Waals surface area contributed by atoms with E-state index in [-0.39, 0.29) is 5.56 Å². The molecule has 0 saturated heterocycles. The van der Waals surface area contributed by atoms with Gasteiger partial charge in [0.2, 0.25) is 0 Å². The smallest absolute Gasteiger partial charge is 0.161 e. The van der Waals surface area contributed by atoms with E-state index in [1.807, 2.05) is 42.5 Å². The predicted molar refractivity (Wildman–Crippen MR) is 96.2 cm³/mol. The van der Waals surface area contributed by atoms with Gasteiger partial charge >= 0.3 is 0 Å². The van der Waals surface area contributed by atoms with Crippen molar-refractivity contribution in [3.63, 3.8) is 0 Å². The zero-order valence-corrected chi connectivity index (χ0v) is 14.1. The second-order valence-electron chi connectivity index (χ2n) is 5.87. The van der Waals surface area contributed by atoms with Crippen LogP contribution in [0.1, 0.15) is 5.56 Å². The second-order valence-corrected chi connectivity index (χ2v) is 6.28. The highest BCUT2D eigenvalue weighted by Crippen LogP contribution is 2.31. The van der Waals surface area contributed by atoms with Crippen LogP contribution in [0.3, 0.4) is 0 Å². The molecule has 2 nitrogen and oxygen atoms in total. The van der Waals surface area contributed by atoms with E-state index >= 15 is 0 Å². The van der Waals surface area contributed by atoms with Gasteiger partial charge in [0.1, 0.15) is 0 Å². The van der Waals surface area contributed by atoms with Gasteiger partial charge in [-0.3, -0.25) is 0 Å². The van der Waals surface area contributed by atoms with Crippen molar-refractivity contribution < 1.29 is 8.78 Å². The van der Waals surface area contributed by atoms with E-state index in [0.29, 0.717) is 10.7 Å². The van der Waals surface area contributed by atoms with Gasteiger partial charge in [-0.2, -0.15) is 5.10 Å². The molecule has 4 rings (SSSR count). The third-order valence-corrected chi connectivity index (χ3v) is 4.52. The van der Waals surface area contributed by atoms with Crippen LogP contribution in [0.4, 0.5) is 8.78 Å². The molecule has 0 N–H and O–H groups in total. The molecule has 3 aromatic carbocycles. The normalized spacial score (nSPS) is 11.2. The molecule has 0 saturated carbocycles. The minimum Gasteiger partial charge on any atom is -0.233 e. The second kappa shape index (κ2) is 5.97. The first-order valence-electron chi connectivity index (χ1n) is 7.73. The summed E-state index contributed by atoms with van der Waals surface area (Å²) in [6.07, 6.45) is 1.70. The average molecular weight is 355 g/mol. The summed E-state index contributed by atoms with van der Waals surface area (Å²) in [5, 5.41) is 5.89. The number of rotatable bonds is 2. The van der Waals surface area contributed by atoms with Gasteiger partial charge in [0.15, 0.2) is 11.6 Å². The quantitative estimate of drug-likeness (QED) is 0.436. The number of hydrogen-bond donors (Lipinski definition) is 0. The first kappa shape index (κ1) is 15.8. The van der Waals surface area contributed by atoms with Gasteiger partial charge in [-0.25, -0.2) is 13.5 Å². The van der Waals surface area contributed by atoms with E-state index in [9.17, 15) is 8.78 Å². The molecule has 1 heterocycles. The molecule has 0 radical (unpaired) electrons. The topological polar surface area (TPSA) is 17.8 Å². The Balaban J connectivity index is 1.85. The van der Waals surface area contributed by atoms with Gasteiger partial charge in [0.05, 0.1) is 17.4 Å². The number of nitrogens with zero attached hydrogens (tertiary/aromatic N) is 2. The Morgan fingerprint density at radius 3 is 2.56 bits per heavy atom. The number of halogens is 3. The molecule has 0 aliphatic rings. The van der Waals surface area contributed by atoms with Gasteiger partial charge in [-0.1, -0.05) is 35.9 Å². The number of benzene rings is 3. The van der Waals surface area contributed by atoms with Crippen molar-refractivity contribution in [1.82, 2.24) is 9.78 Å². The molecule has 0 spiro atoms. The minimum absolute atomic E-state index is 0.242. The van der Waals surface area contributed by atoms with Crippen LogP contribution in [0, 0.1) is 18.6 Å². The molecule has 0 unspecified atom stereocenters. The van der Waals surface area contributed by atoms with Crippen LogP contribution in [0.2, 0.25) is 5.02 Å². The molecule has 0 fully saturated rings. The summed E-state index contributed by atoms with van der Waals surface area (Å²) in [7, 11) is 0. The van der Waals surface area contributed by atoms with E-state index in [2.05, 4.69) is 5.10 Å². The maximum atomic E-state index is 13.7. The molecule has 0 aliphatic carbocycles. The van der Waals surface area contributed by atoms with Crippen molar-refractivity contribution in [2.24, 2.45) is 0 Å². The van der Waals surface area contributed by atoms with Gasteiger partial charge in [0, 0.05) is 22.0 Å². The van der Waals surface area contributed by atoms with Crippen LogP contribution in [0.25, 0.3) is 27.7 Å². The number of aromatic nitrogens is 2. The van der Waals surface area contributed by atoms with Crippen LogP contribution in [-0.4, -0.2) is 9.78 Å². The summed E-state index contributed by atoms with van der Waals surface area (Å²) in [5.74, 6) is -1.72. The van der Waals surface area contributed by atoms with Crippen molar-refractivity contribution in [2.75, 3.05) is 0 Å². The average Bonchev–Trinajstić information content (AvgIpc) is 3.03. The van der Waals surface area contributed by atoms with Crippen molar-refractivity contribution in [1.29, 1.82) is 0 Å². The summed E-state index contributed by atoms with van der Waals surface area (Å²) < 4.78 is 28.9. The number of aryl methyl sites for hydroxylation is 1. The monoisotopic (exact) mass is 354 g/mol. The van der Waals surface area contributed by atoms with Gasteiger partial charge in [-0.05, 0) is 42.3 Å². The molecular weight excluding hydrogens is 342 g/mol. The zero-order chi connectivity index (χ0) is 17.6. The summed E-state index contributed by atoms with van der Waals surface area (Å²) in [5.41, 5.74) is 3.44. The van der Waals surface area contributed by atoms with Crippen LogP contribution >= 0.6 is 11.6 Å². The largest absolute Gasteiger partial charge is 0.233 e. The lowest BCUT2D eigenvalue weighted by atomic mass is 10.0. The minimum atomic E-state index is -0.883. The Kier molecular flexibility index (Phi) is 3.77. The molecule has 0 bridgehead atoms. The Bertz CT molecular complexity index is 1080. The van der Waals surface area contributed by atoms with E-state index < -0.39 is 11.6 Å². The van der Waals surface area contributed by atoms with E-state index in [4.69, 9.17) is 11.6 Å². The Morgan fingerprint density at radius 2 is 1.80 bits per heavy atom. The SMILES string of the molecule is Cc1cc(-n2ncc3cc(-c4ccccc4Cl)ccc32)cc(F)c1F. The lowest BCUT2D eigenvalue weighted by Gasteiger charge is -2.08. The van der Waals surface area contributed by atoms with Crippen molar-refractivity contribution in [2.45, 2.75) is 6.92 Å². The van der Waals surface area contributed by atoms with E-state index in [1.54, 1.807) is 16.9 Å². The molecule has 25 heavy (non-hydrogen) atoms. The van der Waals surface area contributed by atoms with Crippen molar-refractivity contribution >= 4 is 22.5 Å². The van der Waals surface area contributed by atoms with Crippen molar-refractivity contribution in [3.8, 4) is 16.8 Å². The maximum absolute atomic E-state index is 13.7. The summed E-state index contributed by atoms with van der Waals surface area (Å²) in [4.78, 5) is 0. The van der Waals surface area contributed by atoms with Crippen LogP contribution < -0.4 is 0 Å². The zero-order valence-electron chi connectivity index (χ0n) is 13.3. The standard InChI is InChI=1S/C20H13ClF2N2/c1-12-8-15(10-18(22)20(12)23)25-19-7-6-13(9-14(19)11-24-25)16-4-2-3-5-17(16)21/h2-11H,1H3. The maximum Gasteiger partial charge on any atom is 0.161 e. The Hall–Kier alpha value is -2.72. The first-order chi connectivity index (χ1) is 12.0. The fraction of sp³-hybridized carbons (Fsp3) is 0.0500. The van der Waals surface area contributed by atoms with Crippen molar-refractivity contribution in [3.05, 3.63) is 83.0 Å².